The lowest BCUT2D eigenvalue weighted by molar-refractivity contribution is 0.160. The molecule has 0 saturated heterocycles. The Morgan fingerprint density at radius 1 is 1.33 bits per heavy atom. The van der Waals surface area contributed by atoms with E-state index < -0.39 is 0 Å². The van der Waals surface area contributed by atoms with Crippen LogP contribution in [0.2, 0.25) is 0 Å². The number of methoxy groups -OCH3 is 1. The van der Waals surface area contributed by atoms with Gasteiger partial charge in [-0.2, -0.15) is 0 Å². The minimum Gasteiger partial charge on any atom is -0.497 e. The van der Waals surface area contributed by atoms with Gasteiger partial charge in [-0.15, -0.1) is 0 Å². The van der Waals surface area contributed by atoms with Crippen LogP contribution in [0.4, 0.5) is 0 Å². The van der Waals surface area contributed by atoms with Gasteiger partial charge in [-0.05, 0) is 62.5 Å². The molecule has 0 N–H and O–H groups in total. The minimum atomic E-state index is 0.302. The first-order valence-corrected chi connectivity index (χ1v) is 6.90. The average molecular weight is 245 g/mol. The van der Waals surface area contributed by atoms with Crippen molar-refractivity contribution >= 4 is 0 Å². The molecule has 0 aliphatic heterocycles. The summed E-state index contributed by atoms with van der Waals surface area (Å²) in [5.41, 5.74) is 3.37. The Morgan fingerprint density at radius 2 is 2.11 bits per heavy atom. The van der Waals surface area contributed by atoms with Crippen molar-refractivity contribution in [3.8, 4) is 5.75 Å². The van der Waals surface area contributed by atoms with Crippen molar-refractivity contribution in [1.82, 2.24) is 4.90 Å². The SMILES string of the molecule is COc1ccc2c(c1)[C@@]1(C)CCC(C2)[C@H]1N(C)C. The summed E-state index contributed by atoms with van der Waals surface area (Å²) < 4.78 is 5.41. The third-order valence-electron chi connectivity index (χ3n) is 5.10. The van der Waals surface area contributed by atoms with Crippen LogP contribution in [0.25, 0.3) is 0 Å². The van der Waals surface area contributed by atoms with Crippen molar-refractivity contribution in [1.29, 1.82) is 0 Å². The number of hydrogen-bond acceptors (Lipinski definition) is 2. The molecular weight excluding hydrogens is 222 g/mol. The minimum absolute atomic E-state index is 0.302. The summed E-state index contributed by atoms with van der Waals surface area (Å²) in [5.74, 6) is 1.82. The van der Waals surface area contributed by atoms with Crippen LogP contribution in [-0.2, 0) is 11.8 Å². The number of rotatable bonds is 2. The first-order chi connectivity index (χ1) is 8.56. The van der Waals surface area contributed by atoms with Crippen LogP contribution in [0, 0.1) is 5.92 Å². The van der Waals surface area contributed by atoms with Crippen LogP contribution in [0.15, 0.2) is 18.2 Å². The monoisotopic (exact) mass is 245 g/mol. The van der Waals surface area contributed by atoms with E-state index in [4.69, 9.17) is 4.74 Å². The van der Waals surface area contributed by atoms with Crippen LogP contribution in [0.5, 0.6) is 5.75 Å². The van der Waals surface area contributed by atoms with Crippen LogP contribution < -0.4 is 4.74 Å². The molecule has 1 saturated carbocycles. The summed E-state index contributed by atoms with van der Waals surface area (Å²) in [5, 5.41) is 0. The topological polar surface area (TPSA) is 12.5 Å². The lowest BCUT2D eigenvalue weighted by Gasteiger charge is -2.44. The van der Waals surface area contributed by atoms with E-state index in [2.05, 4.69) is 44.1 Å². The number of ether oxygens (including phenoxy) is 1. The molecule has 3 rings (SSSR count). The summed E-state index contributed by atoms with van der Waals surface area (Å²) in [7, 11) is 6.21. The number of likely N-dealkylation sites (N-methyl/N-ethyl adjacent to an activating group) is 1. The van der Waals surface area contributed by atoms with Crippen molar-refractivity contribution in [2.24, 2.45) is 5.92 Å². The lowest BCUT2D eigenvalue weighted by atomic mass is 9.68. The highest BCUT2D eigenvalue weighted by Crippen LogP contribution is 2.52. The van der Waals surface area contributed by atoms with E-state index in [9.17, 15) is 0 Å². The highest BCUT2D eigenvalue weighted by Gasteiger charge is 2.51. The van der Waals surface area contributed by atoms with E-state index in [1.807, 2.05) is 0 Å². The Bertz CT molecular complexity index is 468. The third-order valence-corrected chi connectivity index (χ3v) is 5.10. The highest BCUT2D eigenvalue weighted by molar-refractivity contribution is 5.45. The smallest absolute Gasteiger partial charge is 0.119 e. The van der Waals surface area contributed by atoms with Gasteiger partial charge in [0.2, 0.25) is 0 Å². The molecule has 2 nitrogen and oxygen atoms in total. The molecule has 3 atom stereocenters. The largest absolute Gasteiger partial charge is 0.497 e. The van der Waals surface area contributed by atoms with Crippen LogP contribution in [0.1, 0.15) is 30.9 Å². The zero-order valence-corrected chi connectivity index (χ0v) is 11.9. The van der Waals surface area contributed by atoms with Crippen molar-refractivity contribution in [2.75, 3.05) is 21.2 Å². The molecule has 1 aromatic rings. The van der Waals surface area contributed by atoms with Crippen molar-refractivity contribution in [3.63, 3.8) is 0 Å². The van der Waals surface area contributed by atoms with E-state index >= 15 is 0 Å². The van der Waals surface area contributed by atoms with E-state index in [1.165, 1.54) is 24.8 Å². The quantitative estimate of drug-likeness (QED) is 0.794. The van der Waals surface area contributed by atoms with E-state index in [0.717, 1.165) is 11.7 Å². The fourth-order valence-corrected chi connectivity index (χ4v) is 4.49. The highest BCUT2D eigenvalue weighted by atomic mass is 16.5. The molecule has 0 aromatic heterocycles. The average Bonchev–Trinajstić information content (AvgIpc) is 2.61. The molecule has 0 spiro atoms. The Hall–Kier alpha value is -1.02. The zero-order valence-electron chi connectivity index (χ0n) is 11.9. The van der Waals surface area contributed by atoms with Crippen LogP contribution >= 0.6 is 0 Å². The molecule has 0 heterocycles. The van der Waals surface area contributed by atoms with Gasteiger partial charge in [0.25, 0.3) is 0 Å². The number of benzene rings is 1. The summed E-state index contributed by atoms with van der Waals surface area (Å²) in [6.45, 7) is 2.44. The predicted molar refractivity (Wildman–Crippen MR) is 74.2 cm³/mol. The molecule has 2 aliphatic carbocycles. The Morgan fingerprint density at radius 3 is 2.78 bits per heavy atom. The summed E-state index contributed by atoms with van der Waals surface area (Å²) in [6.07, 6.45) is 3.90. The van der Waals surface area contributed by atoms with E-state index in [0.29, 0.717) is 11.5 Å². The molecule has 2 aliphatic rings. The molecule has 2 heteroatoms. The van der Waals surface area contributed by atoms with Crippen molar-refractivity contribution < 1.29 is 4.74 Å². The number of fused-ring (bicyclic) bond motifs is 4. The fourth-order valence-electron chi connectivity index (χ4n) is 4.49. The molecule has 18 heavy (non-hydrogen) atoms. The van der Waals surface area contributed by atoms with Gasteiger partial charge in [0.15, 0.2) is 0 Å². The first-order valence-electron chi connectivity index (χ1n) is 6.90. The van der Waals surface area contributed by atoms with Gasteiger partial charge >= 0.3 is 0 Å². The molecular formula is C16H23NO. The number of hydrogen-bond donors (Lipinski definition) is 0. The van der Waals surface area contributed by atoms with Gasteiger partial charge < -0.3 is 9.64 Å². The third kappa shape index (κ3) is 1.51. The molecule has 98 valence electrons. The van der Waals surface area contributed by atoms with Gasteiger partial charge in [0.05, 0.1) is 7.11 Å². The Balaban J connectivity index is 2.12. The van der Waals surface area contributed by atoms with Gasteiger partial charge in [0, 0.05) is 11.5 Å². The summed E-state index contributed by atoms with van der Waals surface area (Å²) in [6, 6.07) is 7.33. The Labute approximate surface area is 110 Å². The standard InChI is InChI=1S/C16H23NO/c1-16-8-7-12(15(16)17(2)3)9-11-5-6-13(18-4)10-14(11)16/h5-6,10,12,15H,7-9H2,1-4H3/t12?,15-,16-/m1/s1. The fraction of sp³-hybridized carbons (Fsp3) is 0.625. The molecule has 1 aromatic carbocycles. The van der Waals surface area contributed by atoms with Gasteiger partial charge in [-0.25, -0.2) is 0 Å². The maximum atomic E-state index is 5.41. The van der Waals surface area contributed by atoms with E-state index in [1.54, 1.807) is 12.7 Å². The normalized spacial score (nSPS) is 33.6. The van der Waals surface area contributed by atoms with Crippen LogP contribution in [-0.4, -0.2) is 32.1 Å². The molecule has 0 radical (unpaired) electrons. The second-order valence-electron chi connectivity index (χ2n) is 6.35. The second kappa shape index (κ2) is 3.99. The second-order valence-corrected chi connectivity index (χ2v) is 6.35. The van der Waals surface area contributed by atoms with Crippen LogP contribution in [0.3, 0.4) is 0 Å². The molecule has 1 unspecified atom stereocenters. The van der Waals surface area contributed by atoms with Gasteiger partial charge in [-0.3, -0.25) is 0 Å². The maximum Gasteiger partial charge on any atom is 0.119 e. The maximum absolute atomic E-state index is 5.41. The Kier molecular flexibility index (Phi) is 2.67. The molecule has 2 bridgehead atoms. The summed E-state index contributed by atoms with van der Waals surface area (Å²) >= 11 is 0. The van der Waals surface area contributed by atoms with Crippen molar-refractivity contribution in [3.05, 3.63) is 29.3 Å². The van der Waals surface area contributed by atoms with Crippen molar-refractivity contribution in [2.45, 2.75) is 37.6 Å². The summed E-state index contributed by atoms with van der Waals surface area (Å²) in [4.78, 5) is 2.43. The van der Waals surface area contributed by atoms with Gasteiger partial charge in [0.1, 0.15) is 5.75 Å². The predicted octanol–water partition coefficient (Wildman–Crippen LogP) is 2.85. The van der Waals surface area contributed by atoms with E-state index in [-0.39, 0.29) is 0 Å². The number of nitrogens with zero attached hydrogens (tertiary/aromatic N) is 1. The zero-order chi connectivity index (χ0) is 12.9. The lowest BCUT2D eigenvalue weighted by Crippen LogP contribution is -2.48. The first kappa shape index (κ1) is 12.0. The molecule has 1 fully saturated rings. The molecule has 0 amide bonds. The van der Waals surface area contributed by atoms with Gasteiger partial charge in [-0.1, -0.05) is 13.0 Å².